The molecule has 1 amide bonds. The number of hydrogen-bond acceptors (Lipinski definition) is 5. The van der Waals surface area contributed by atoms with Crippen molar-refractivity contribution in [2.24, 2.45) is 11.1 Å². The lowest BCUT2D eigenvalue weighted by Crippen LogP contribution is -2.26. The van der Waals surface area contributed by atoms with Crippen molar-refractivity contribution in [3.05, 3.63) is 10.6 Å². The molecule has 2 rings (SSSR count). The van der Waals surface area contributed by atoms with E-state index in [0.717, 1.165) is 12.1 Å². The number of nitrogens with two attached hydrogens (primary N) is 1. The summed E-state index contributed by atoms with van der Waals surface area (Å²) in [5.41, 5.74) is 6.07. The molecule has 5 nitrogen and oxygen atoms in total. The number of aromatic nitrogens is 1. The van der Waals surface area contributed by atoms with Crippen molar-refractivity contribution in [2.75, 3.05) is 11.9 Å². The zero-order valence-corrected chi connectivity index (χ0v) is 11.4. The minimum Gasteiger partial charge on any atom is -0.330 e. The summed E-state index contributed by atoms with van der Waals surface area (Å²) in [6.45, 7) is 4.42. The maximum absolute atomic E-state index is 12.0. The Morgan fingerprint density at radius 3 is 2.89 bits per heavy atom. The lowest BCUT2D eigenvalue weighted by molar-refractivity contribution is -0.116. The van der Waals surface area contributed by atoms with E-state index < -0.39 is 0 Å². The van der Waals surface area contributed by atoms with E-state index in [-0.39, 0.29) is 23.5 Å². The number of carbonyl (C=O) groups excluding carboxylic acids is 2. The van der Waals surface area contributed by atoms with Gasteiger partial charge < -0.3 is 11.1 Å². The third kappa shape index (κ3) is 2.76. The molecular formula is C12H17N3O2S. The van der Waals surface area contributed by atoms with Crippen molar-refractivity contribution in [1.29, 1.82) is 0 Å². The highest BCUT2D eigenvalue weighted by molar-refractivity contribution is 7.17. The number of amides is 1. The Morgan fingerprint density at radius 2 is 2.22 bits per heavy atom. The van der Waals surface area contributed by atoms with Crippen molar-refractivity contribution < 1.29 is 9.59 Å². The van der Waals surface area contributed by atoms with Gasteiger partial charge in [0, 0.05) is 19.4 Å². The van der Waals surface area contributed by atoms with Crippen LogP contribution in [-0.4, -0.2) is 23.2 Å². The molecule has 6 heteroatoms. The molecule has 0 unspecified atom stereocenters. The largest absolute Gasteiger partial charge is 0.330 e. The smallest absolute Gasteiger partial charge is 0.227 e. The minimum absolute atomic E-state index is 0.0449. The summed E-state index contributed by atoms with van der Waals surface area (Å²) in [5.74, 6) is -0.0339. The van der Waals surface area contributed by atoms with Gasteiger partial charge in [-0.25, -0.2) is 4.98 Å². The molecule has 0 saturated heterocycles. The van der Waals surface area contributed by atoms with E-state index in [1.54, 1.807) is 0 Å². The lowest BCUT2D eigenvalue weighted by atomic mass is 9.78. The number of thiazole rings is 1. The molecule has 1 heterocycles. The first-order chi connectivity index (χ1) is 8.41. The van der Waals surface area contributed by atoms with Crippen LogP contribution in [-0.2, 0) is 11.2 Å². The first-order valence-electron chi connectivity index (χ1n) is 5.94. The summed E-state index contributed by atoms with van der Waals surface area (Å²) in [4.78, 5) is 28.4. The average Bonchev–Trinajstić information content (AvgIpc) is 2.58. The van der Waals surface area contributed by atoms with Crippen LogP contribution in [0.2, 0.25) is 0 Å². The third-order valence-electron chi connectivity index (χ3n) is 2.85. The maximum Gasteiger partial charge on any atom is 0.227 e. The number of nitrogens with zero attached hydrogens (tertiary/aromatic N) is 1. The second kappa shape index (κ2) is 4.78. The molecule has 1 aliphatic carbocycles. The second-order valence-corrected chi connectivity index (χ2v) is 6.32. The number of anilines is 1. The van der Waals surface area contributed by atoms with Gasteiger partial charge >= 0.3 is 0 Å². The Morgan fingerprint density at radius 1 is 1.50 bits per heavy atom. The third-order valence-corrected chi connectivity index (χ3v) is 3.91. The second-order valence-electron chi connectivity index (χ2n) is 5.32. The van der Waals surface area contributed by atoms with Crippen molar-refractivity contribution in [3.8, 4) is 0 Å². The average molecular weight is 267 g/mol. The van der Waals surface area contributed by atoms with Gasteiger partial charge in [0.25, 0.3) is 0 Å². The monoisotopic (exact) mass is 267 g/mol. The number of rotatable bonds is 3. The van der Waals surface area contributed by atoms with Crippen molar-refractivity contribution in [1.82, 2.24) is 4.98 Å². The van der Waals surface area contributed by atoms with E-state index in [1.165, 1.54) is 11.3 Å². The zero-order valence-electron chi connectivity index (χ0n) is 10.6. The van der Waals surface area contributed by atoms with Gasteiger partial charge in [0.05, 0.1) is 10.6 Å². The van der Waals surface area contributed by atoms with E-state index >= 15 is 0 Å². The van der Waals surface area contributed by atoms with Crippen LogP contribution in [0.1, 0.15) is 42.1 Å². The number of hydrogen-bond donors (Lipinski definition) is 2. The Labute approximate surface area is 110 Å². The summed E-state index contributed by atoms with van der Waals surface area (Å²) < 4.78 is 0. The molecule has 0 aromatic carbocycles. The number of fused-ring (bicyclic) bond motifs is 1. The summed E-state index contributed by atoms with van der Waals surface area (Å²) in [6.07, 6.45) is 1.58. The van der Waals surface area contributed by atoms with Crippen LogP contribution in [0, 0.1) is 5.41 Å². The molecule has 1 aromatic heterocycles. The summed E-state index contributed by atoms with van der Waals surface area (Å²) in [6, 6.07) is 0. The Balaban J connectivity index is 2.19. The molecule has 1 aliphatic rings. The predicted molar refractivity (Wildman–Crippen MR) is 70.8 cm³/mol. The molecule has 0 spiro atoms. The zero-order chi connectivity index (χ0) is 13.3. The first kappa shape index (κ1) is 13.2. The van der Waals surface area contributed by atoms with Gasteiger partial charge in [-0.3, -0.25) is 9.59 Å². The van der Waals surface area contributed by atoms with E-state index in [4.69, 9.17) is 5.73 Å². The van der Waals surface area contributed by atoms with Gasteiger partial charge in [-0.15, -0.1) is 0 Å². The fourth-order valence-corrected chi connectivity index (χ4v) is 3.02. The van der Waals surface area contributed by atoms with Gasteiger partial charge in [0.15, 0.2) is 10.9 Å². The Hall–Kier alpha value is -1.27. The van der Waals surface area contributed by atoms with Crippen LogP contribution in [0.25, 0.3) is 0 Å². The fourth-order valence-electron chi connectivity index (χ4n) is 2.09. The van der Waals surface area contributed by atoms with Gasteiger partial charge in [0.1, 0.15) is 0 Å². The molecule has 0 radical (unpaired) electrons. The van der Waals surface area contributed by atoms with E-state index in [9.17, 15) is 9.59 Å². The van der Waals surface area contributed by atoms with E-state index in [2.05, 4.69) is 24.1 Å². The van der Waals surface area contributed by atoms with Crippen molar-refractivity contribution >= 4 is 28.2 Å². The Kier molecular flexibility index (Phi) is 3.49. The highest BCUT2D eigenvalue weighted by atomic mass is 32.1. The molecule has 0 aliphatic heterocycles. The van der Waals surface area contributed by atoms with Gasteiger partial charge in [0.2, 0.25) is 5.91 Å². The number of nitrogens with one attached hydrogen (secondary N) is 1. The molecule has 18 heavy (non-hydrogen) atoms. The first-order valence-corrected chi connectivity index (χ1v) is 6.76. The number of Topliss-reactive ketones (excluding diaryl/α,β-unsaturated/α-hetero) is 1. The topological polar surface area (TPSA) is 85.1 Å². The summed E-state index contributed by atoms with van der Waals surface area (Å²) in [7, 11) is 0. The highest BCUT2D eigenvalue weighted by Gasteiger charge is 2.33. The Bertz CT molecular complexity index is 494. The number of carbonyl (C=O) groups is 2. The molecule has 98 valence electrons. The van der Waals surface area contributed by atoms with E-state index in [1.807, 2.05) is 0 Å². The van der Waals surface area contributed by atoms with Crippen LogP contribution >= 0.6 is 11.3 Å². The summed E-state index contributed by atoms with van der Waals surface area (Å²) in [5, 5.41) is 3.19. The standard InChI is InChI=1S/C12H17N3O2S/c1-12(2)5-7-10(8(16)6-12)18-11(14-7)15-9(17)3-4-13/h3-6,13H2,1-2H3,(H,14,15,17). The van der Waals surface area contributed by atoms with Crippen LogP contribution in [0.15, 0.2) is 0 Å². The van der Waals surface area contributed by atoms with Gasteiger partial charge in [-0.2, -0.15) is 0 Å². The van der Waals surface area contributed by atoms with Gasteiger partial charge in [-0.1, -0.05) is 25.2 Å². The van der Waals surface area contributed by atoms with Gasteiger partial charge in [-0.05, 0) is 11.8 Å². The van der Waals surface area contributed by atoms with Crippen molar-refractivity contribution in [2.45, 2.75) is 33.1 Å². The highest BCUT2D eigenvalue weighted by Crippen LogP contribution is 2.38. The van der Waals surface area contributed by atoms with Crippen molar-refractivity contribution in [3.63, 3.8) is 0 Å². The molecule has 3 N–H and O–H groups in total. The maximum atomic E-state index is 12.0. The van der Waals surface area contributed by atoms with Crippen LogP contribution < -0.4 is 11.1 Å². The molecule has 0 bridgehead atoms. The lowest BCUT2D eigenvalue weighted by Gasteiger charge is -2.26. The molecule has 1 aromatic rings. The van der Waals surface area contributed by atoms with Crippen LogP contribution in [0.4, 0.5) is 5.13 Å². The van der Waals surface area contributed by atoms with Crippen LogP contribution in [0.5, 0.6) is 0 Å². The SMILES string of the molecule is CC1(C)CC(=O)c2sc(NC(=O)CCN)nc2C1. The molecule has 0 atom stereocenters. The van der Waals surface area contributed by atoms with Crippen LogP contribution in [0.3, 0.4) is 0 Å². The van der Waals surface area contributed by atoms with E-state index in [0.29, 0.717) is 23.0 Å². The minimum atomic E-state index is -0.157. The number of ketones is 1. The fraction of sp³-hybridized carbons (Fsp3) is 0.583. The normalized spacial score (nSPS) is 17.4. The molecule has 0 fully saturated rings. The molecule has 0 saturated carbocycles. The predicted octanol–water partition coefficient (Wildman–Crippen LogP) is 1.59. The quantitative estimate of drug-likeness (QED) is 0.870. The summed E-state index contributed by atoms with van der Waals surface area (Å²) >= 11 is 1.26. The molecular weight excluding hydrogens is 250 g/mol.